The lowest BCUT2D eigenvalue weighted by atomic mass is 10.1. The van der Waals surface area contributed by atoms with E-state index >= 15 is 0 Å². The van der Waals surface area contributed by atoms with Gasteiger partial charge in [-0.25, -0.2) is 4.98 Å². The van der Waals surface area contributed by atoms with E-state index in [9.17, 15) is 0 Å². The third-order valence-corrected chi connectivity index (χ3v) is 4.45. The minimum Gasteiger partial charge on any atom is -0.365 e. The summed E-state index contributed by atoms with van der Waals surface area (Å²) in [4.78, 5) is 4.84. The molecule has 4 aromatic rings. The van der Waals surface area contributed by atoms with Crippen molar-refractivity contribution < 1.29 is 0 Å². The lowest BCUT2D eigenvalue weighted by molar-refractivity contribution is 1.08. The summed E-state index contributed by atoms with van der Waals surface area (Å²) in [6, 6.07) is 22.3. The van der Waals surface area contributed by atoms with E-state index in [-0.39, 0.29) is 0 Å². The van der Waals surface area contributed by atoms with Crippen LogP contribution in [0, 0.1) is 6.92 Å². The van der Waals surface area contributed by atoms with Gasteiger partial charge in [0.2, 0.25) is 0 Å². The van der Waals surface area contributed by atoms with Crippen molar-refractivity contribution in [1.29, 1.82) is 0 Å². The van der Waals surface area contributed by atoms with Gasteiger partial charge in [0.1, 0.15) is 17.2 Å². The maximum atomic E-state index is 6.04. The van der Waals surface area contributed by atoms with Crippen LogP contribution in [0.25, 0.3) is 16.9 Å². The molecule has 0 bridgehead atoms. The van der Waals surface area contributed by atoms with Crippen LogP contribution in [0.3, 0.4) is 0 Å². The van der Waals surface area contributed by atoms with Crippen LogP contribution in [0.2, 0.25) is 5.02 Å². The summed E-state index contributed by atoms with van der Waals surface area (Å²) in [6.45, 7) is 2.82. The van der Waals surface area contributed by atoms with Crippen molar-refractivity contribution >= 4 is 23.1 Å². The van der Waals surface area contributed by atoms with Gasteiger partial charge in [-0.05, 0) is 42.3 Å². The molecule has 124 valence electrons. The molecule has 0 radical (unpaired) electrons. The van der Waals surface area contributed by atoms with Crippen molar-refractivity contribution in [3.8, 4) is 11.3 Å². The Bertz CT molecular complexity index is 1000. The van der Waals surface area contributed by atoms with Gasteiger partial charge in [-0.3, -0.25) is 4.40 Å². The van der Waals surface area contributed by atoms with E-state index in [1.54, 1.807) is 0 Å². The average Bonchev–Trinajstić information content (AvgIpc) is 2.99. The second-order valence-corrected chi connectivity index (χ2v) is 6.52. The highest BCUT2D eigenvalue weighted by Crippen LogP contribution is 2.30. The Morgan fingerprint density at radius 2 is 1.76 bits per heavy atom. The normalized spacial score (nSPS) is 11.0. The third-order valence-electron chi connectivity index (χ3n) is 4.20. The van der Waals surface area contributed by atoms with Crippen LogP contribution in [0.15, 0.2) is 72.9 Å². The van der Waals surface area contributed by atoms with Gasteiger partial charge in [0.05, 0.1) is 0 Å². The molecule has 0 amide bonds. The molecule has 2 heterocycles. The van der Waals surface area contributed by atoms with Crippen LogP contribution < -0.4 is 5.32 Å². The zero-order valence-corrected chi connectivity index (χ0v) is 14.7. The molecule has 2 aromatic carbocycles. The number of anilines is 1. The van der Waals surface area contributed by atoms with Gasteiger partial charge < -0.3 is 5.32 Å². The van der Waals surface area contributed by atoms with Gasteiger partial charge in [0, 0.05) is 23.3 Å². The van der Waals surface area contributed by atoms with Gasteiger partial charge >= 0.3 is 0 Å². The molecule has 0 aliphatic rings. The minimum absolute atomic E-state index is 0.724. The molecule has 0 aliphatic carbocycles. The molecule has 4 heteroatoms. The number of halogens is 1. The van der Waals surface area contributed by atoms with Crippen molar-refractivity contribution in [3.63, 3.8) is 0 Å². The zero-order chi connectivity index (χ0) is 17.2. The van der Waals surface area contributed by atoms with E-state index in [1.165, 1.54) is 11.1 Å². The molecule has 0 unspecified atom stereocenters. The maximum absolute atomic E-state index is 6.04. The Kier molecular flexibility index (Phi) is 4.16. The maximum Gasteiger partial charge on any atom is 0.139 e. The lowest BCUT2D eigenvalue weighted by Gasteiger charge is -2.09. The minimum atomic E-state index is 0.724. The van der Waals surface area contributed by atoms with Gasteiger partial charge in [0.25, 0.3) is 0 Å². The molecule has 0 fully saturated rings. The van der Waals surface area contributed by atoms with Crippen molar-refractivity contribution in [3.05, 3.63) is 89.1 Å². The summed E-state index contributed by atoms with van der Waals surface area (Å²) >= 11 is 6.04. The Hall–Kier alpha value is -2.78. The molecular weight excluding hydrogens is 330 g/mol. The molecule has 0 atom stereocenters. The Labute approximate surface area is 151 Å². The highest BCUT2D eigenvalue weighted by atomic mass is 35.5. The number of aromatic nitrogens is 2. The summed E-state index contributed by atoms with van der Waals surface area (Å²) in [7, 11) is 0. The average molecular weight is 348 g/mol. The van der Waals surface area contributed by atoms with E-state index in [1.807, 2.05) is 30.3 Å². The first-order valence-electron chi connectivity index (χ1n) is 8.23. The van der Waals surface area contributed by atoms with Gasteiger partial charge in [0.15, 0.2) is 0 Å². The molecule has 0 aliphatic heterocycles. The van der Waals surface area contributed by atoms with E-state index in [0.29, 0.717) is 0 Å². The fraction of sp³-hybridized carbons (Fsp3) is 0.0952. The van der Waals surface area contributed by atoms with Gasteiger partial charge in [-0.2, -0.15) is 0 Å². The molecule has 0 saturated carbocycles. The first-order valence-corrected chi connectivity index (χ1v) is 8.61. The smallest absolute Gasteiger partial charge is 0.139 e. The lowest BCUT2D eigenvalue weighted by Crippen LogP contribution is -2.03. The number of rotatable bonds is 4. The SMILES string of the molecule is Cc1ccn2c(NCc3ccccc3)c(-c3ccc(Cl)cc3)nc2c1. The van der Waals surface area contributed by atoms with Crippen LogP contribution in [0.5, 0.6) is 0 Å². The molecule has 4 rings (SSSR count). The number of hydrogen-bond donors (Lipinski definition) is 1. The second-order valence-electron chi connectivity index (χ2n) is 6.09. The van der Waals surface area contributed by atoms with Gasteiger partial charge in [-0.15, -0.1) is 0 Å². The summed E-state index contributed by atoms with van der Waals surface area (Å²) in [6.07, 6.45) is 2.06. The van der Waals surface area contributed by atoms with Crippen LogP contribution in [-0.4, -0.2) is 9.38 Å². The third kappa shape index (κ3) is 3.24. The van der Waals surface area contributed by atoms with Crippen molar-refractivity contribution in [2.45, 2.75) is 13.5 Å². The number of nitrogens with zero attached hydrogens (tertiary/aromatic N) is 2. The molecular formula is C21H18ClN3. The molecule has 3 nitrogen and oxygen atoms in total. The highest BCUT2D eigenvalue weighted by molar-refractivity contribution is 6.30. The zero-order valence-electron chi connectivity index (χ0n) is 13.9. The number of hydrogen-bond acceptors (Lipinski definition) is 2. The number of aryl methyl sites for hydroxylation is 1. The first-order chi connectivity index (χ1) is 12.2. The van der Waals surface area contributed by atoms with Crippen LogP contribution in [0.4, 0.5) is 5.82 Å². The predicted molar refractivity (Wildman–Crippen MR) is 104 cm³/mol. The van der Waals surface area contributed by atoms with E-state index in [0.717, 1.165) is 34.3 Å². The molecule has 1 N–H and O–H groups in total. The van der Waals surface area contributed by atoms with Crippen LogP contribution in [-0.2, 0) is 6.54 Å². The fourth-order valence-electron chi connectivity index (χ4n) is 2.91. The number of nitrogens with one attached hydrogen (secondary N) is 1. The van der Waals surface area contributed by atoms with Crippen LogP contribution >= 0.6 is 11.6 Å². The summed E-state index contributed by atoms with van der Waals surface area (Å²) in [5, 5.41) is 4.28. The number of pyridine rings is 1. The Morgan fingerprint density at radius 1 is 1.00 bits per heavy atom. The number of imidazole rings is 1. The monoisotopic (exact) mass is 347 g/mol. The first kappa shape index (κ1) is 15.7. The predicted octanol–water partition coefficient (Wildman–Crippen LogP) is 5.58. The Morgan fingerprint density at radius 3 is 2.52 bits per heavy atom. The summed E-state index contributed by atoms with van der Waals surface area (Å²) in [5.74, 6) is 0.987. The van der Waals surface area contributed by atoms with E-state index < -0.39 is 0 Å². The number of benzene rings is 2. The highest BCUT2D eigenvalue weighted by Gasteiger charge is 2.14. The Balaban J connectivity index is 1.79. The van der Waals surface area contributed by atoms with E-state index in [2.05, 4.69) is 59.2 Å². The molecule has 25 heavy (non-hydrogen) atoms. The van der Waals surface area contributed by atoms with Crippen LogP contribution in [0.1, 0.15) is 11.1 Å². The largest absolute Gasteiger partial charge is 0.365 e. The van der Waals surface area contributed by atoms with Crippen molar-refractivity contribution in [2.24, 2.45) is 0 Å². The summed E-state index contributed by atoms with van der Waals surface area (Å²) < 4.78 is 2.10. The quantitative estimate of drug-likeness (QED) is 0.522. The van der Waals surface area contributed by atoms with Crippen molar-refractivity contribution in [1.82, 2.24) is 9.38 Å². The van der Waals surface area contributed by atoms with Gasteiger partial charge in [-0.1, -0.05) is 54.1 Å². The molecule has 2 aromatic heterocycles. The number of fused-ring (bicyclic) bond motifs is 1. The standard InChI is InChI=1S/C21H18ClN3/c1-15-11-12-25-19(13-15)24-20(17-7-9-18(22)10-8-17)21(25)23-14-16-5-3-2-4-6-16/h2-13,23H,14H2,1H3. The second kappa shape index (κ2) is 6.61. The van der Waals surface area contributed by atoms with Crippen molar-refractivity contribution in [2.75, 3.05) is 5.32 Å². The topological polar surface area (TPSA) is 29.3 Å². The van der Waals surface area contributed by atoms with E-state index in [4.69, 9.17) is 16.6 Å². The molecule has 0 saturated heterocycles. The fourth-order valence-corrected chi connectivity index (χ4v) is 3.03. The summed E-state index contributed by atoms with van der Waals surface area (Å²) in [5.41, 5.74) is 5.32. The molecule has 0 spiro atoms.